The molecule has 122 valence electrons. The van der Waals surface area contributed by atoms with Crippen LogP contribution >= 0.6 is 0 Å². The molecule has 0 saturated carbocycles. The van der Waals surface area contributed by atoms with Gasteiger partial charge < -0.3 is 20.6 Å². The van der Waals surface area contributed by atoms with Crippen LogP contribution in [0.2, 0.25) is 0 Å². The molecule has 3 N–H and O–H groups in total. The van der Waals surface area contributed by atoms with Crippen LogP contribution in [0.25, 0.3) is 0 Å². The van der Waals surface area contributed by atoms with Crippen LogP contribution in [0.5, 0.6) is 0 Å². The Kier molecular flexibility index (Phi) is 5.66. The van der Waals surface area contributed by atoms with E-state index in [0.29, 0.717) is 6.42 Å². The summed E-state index contributed by atoms with van der Waals surface area (Å²) in [5.41, 5.74) is 1.29. The maximum absolute atomic E-state index is 12.2. The number of urea groups is 1. The van der Waals surface area contributed by atoms with Crippen molar-refractivity contribution in [2.75, 3.05) is 29.9 Å². The second-order valence-corrected chi connectivity index (χ2v) is 6.22. The number of hydrogen-bond donors (Lipinski definition) is 3. The van der Waals surface area contributed by atoms with E-state index in [9.17, 15) is 9.90 Å². The second kappa shape index (κ2) is 7.49. The monoisotopic (exact) mass is 305 g/mol. The standard InChI is InChI=1S/C17H27N3O2/c1-3-17(2,13-21)19-16(22)18-14-9-5-6-10-15(14)20-11-7-4-8-12-20/h5-6,9-10,21H,3-4,7-8,11-13H2,1-2H3,(H2,18,19,22). The van der Waals surface area contributed by atoms with Crippen molar-refractivity contribution in [2.45, 2.75) is 45.1 Å². The molecule has 0 spiro atoms. The Labute approximate surface area is 132 Å². The Balaban J connectivity index is 2.07. The zero-order chi connectivity index (χ0) is 16.0. The molecule has 1 unspecified atom stereocenters. The Morgan fingerprint density at radius 1 is 1.27 bits per heavy atom. The predicted octanol–water partition coefficient (Wildman–Crippen LogP) is 2.96. The summed E-state index contributed by atoms with van der Waals surface area (Å²) in [5, 5.41) is 15.2. The highest BCUT2D eigenvalue weighted by Crippen LogP contribution is 2.28. The topological polar surface area (TPSA) is 64.6 Å². The van der Waals surface area contributed by atoms with E-state index in [1.54, 1.807) is 0 Å². The fourth-order valence-electron chi connectivity index (χ4n) is 2.66. The zero-order valence-corrected chi connectivity index (χ0v) is 13.6. The van der Waals surface area contributed by atoms with Crippen molar-refractivity contribution in [2.24, 2.45) is 0 Å². The van der Waals surface area contributed by atoms with Crippen molar-refractivity contribution >= 4 is 17.4 Å². The fourth-order valence-corrected chi connectivity index (χ4v) is 2.66. The number of piperidine rings is 1. The minimum atomic E-state index is -0.593. The number of para-hydroxylation sites is 2. The summed E-state index contributed by atoms with van der Waals surface area (Å²) in [6, 6.07) is 7.62. The molecule has 0 bridgehead atoms. The third kappa shape index (κ3) is 4.13. The Morgan fingerprint density at radius 2 is 1.95 bits per heavy atom. The fraction of sp³-hybridized carbons (Fsp3) is 0.588. The summed E-state index contributed by atoms with van der Waals surface area (Å²) in [4.78, 5) is 14.6. The van der Waals surface area contributed by atoms with Gasteiger partial charge in [-0.1, -0.05) is 19.1 Å². The maximum atomic E-state index is 12.2. The van der Waals surface area contributed by atoms with Gasteiger partial charge >= 0.3 is 6.03 Å². The summed E-state index contributed by atoms with van der Waals surface area (Å²) in [6.07, 6.45) is 4.33. The molecule has 1 aliphatic rings. The molecule has 2 amide bonds. The molecule has 0 radical (unpaired) electrons. The first-order valence-electron chi connectivity index (χ1n) is 8.12. The highest BCUT2D eigenvalue weighted by molar-refractivity contribution is 5.93. The zero-order valence-electron chi connectivity index (χ0n) is 13.6. The van der Waals surface area contributed by atoms with Crippen LogP contribution in [0.1, 0.15) is 39.5 Å². The highest BCUT2D eigenvalue weighted by atomic mass is 16.3. The van der Waals surface area contributed by atoms with Crippen molar-refractivity contribution in [3.8, 4) is 0 Å². The molecule has 1 aliphatic heterocycles. The molecular formula is C17H27N3O2. The van der Waals surface area contributed by atoms with Crippen LogP contribution in [-0.4, -0.2) is 36.4 Å². The minimum Gasteiger partial charge on any atom is -0.394 e. The van der Waals surface area contributed by atoms with E-state index in [-0.39, 0.29) is 12.6 Å². The van der Waals surface area contributed by atoms with Crippen molar-refractivity contribution in [1.29, 1.82) is 0 Å². The number of nitrogens with zero attached hydrogens (tertiary/aromatic N) is 1. The summed E-state index contributed by atoms with van der Waals surface area (Å²) >= 11 is 0. The van der Waals surface area contributed by atoms with Crippen LogP contribution in [0.3, 0.4) is 0 Å². The van der Waals surface area contributed by atoms with Gasteiger partial charge in [-0.3, -0.25) is 0 Å². The maximum Gasteiger partial charge on any atom is 0.319 e. The lowest BCUT2D eigenvalue weighted by atomic mass is 10.0. The Bertz CT molecular complexity index is 494. The van der Waals surface area contributed by atoms with Crippen molar-refractivity contribution < 1.29 is 9.90 Å². The predicted molar refractivity (Wildman–Crippen MR) is 90.4 cm³/mol. The number of aliphatic hydroxyl groups is 1. The molecule has 5 nitrogen and oxygen atoms in total. The Hall–Kier alpha value is -1.75. The first-order valence-corrected chi connectivity index (χ1v) is 8.12. The van der Waals surface area contributed by atoms with Gasteiger partial charge in [0.1, 0.15) is 0 Å². The van der Waals surface area contributed by atoms with E-state index in [1.807, 2.05) is 38.1 Å². The number of aliphatic hydroxyl groups excluding tert-OH is 1. The van der Waals surface area contributed by atoms with Gasteiger partial charge in [0, 0.05) is 13.1 Å². The van der Waals surface area contributed by atoms with Gasteiger partial charge in [0.2, 0.25) is 0 Å². The number of carbonyl (C=O) groups is 1. The first kappa shape index (κ1) is 16.6. The molecular weight excluding hydrogens is 278 g/mol. The van der Waals surface area contributed by atoms with Crippen LogP contribution in [-0.2, 0) is 0 Å². The molecule has 1 aromatic carbocycles. The largest absolute Gasteiger partial charge is 0.394 e. The quantitative estimate of drug-likeness (QED) is 0.783. The molecule has 1 heterocycles. The molecule has 22 heavy (non-hydrogen) atoms. The SMILES string of the molecule is CCC(C)(CO)NC(=O)Nc1ccccc1N1CCCCC1. The third-order valence-corrected chi connectivity index (χ3v) is 4.39. The van der Waals surface area contributed by atoms with Crippen LogP contribution in [0.15, 0.2) is 24.3 Å². The summed E-state index contributed by atoms with van der Waals surface area (Å²) in [7, 11) is 0. The van der Waals surface area contributed by atoms with Crippen LogP contribution in [0.4, 0.5) is 16.2 Å². The normalized spacial score (nSPS) is 17.7. The van der Waals surface area contributed by atoms with Gasteiger partial charge in [-0.05, 0) is 44.7 Å². The molecule has 5 heteroatoms. The highest BCUT2D eigenvalue weighted by Gasteiger charge is 2.24. The molecule has 2 rings (SSSR count). The Morgan fingerprint density at radius 3 is 2.59 bits per heavy atom. The molecule has 1 saturated heterocycles. The van der Waals surface area contributed by atoms with Gasteiger partial charge in [0.25, 0.3) is 0 Å². The van der Waals surface area contributed by atoms with Crippen LogP contribution < -0.4 is 15.5 Å². The first-order chi connectivity index (χ1) is 10.6. The van der Waals surface area contributed by atoms with Gasteiger partial charge in [-0.25, -0.2) is 4.79 Å². The molecule has 0 aromatic heterocycles. The lowest BCUT2D eigenvalue weighted by Crippen LogP contribution is -2.50. The van der Waals surface area contributed by atoms with E-state index in [1.165, 1.54) is 19.3 Å². The van der Waals surface area contributed by atoms with E-state index in [2.05, 4.69) is 15.5 Å². The van der Waals surface area contributed by atoms with Crippen molar-refractivity contribution in [3.05, 3.63) is 24.3 Å². The number of hydrogen-bond acceptors (Lipinski definition) is 3. The van der Waals surface area contributed by atoms with E-state index in [4.69, 9.17) is 0 Å². The number of anilines is 2. The molecule has 0 aliphatic carbocycles. The number of carbonyl (C=O) groups excluding carboxylic acids is 1. The van der Waals surface area contributed by atoms with Gasteiger partial charge in [-0.2, -0.15) is 0 Å². The summed E-state index contributed by atoms with van der Waals surface area (Å²) in [6.45, 7) is 5.76. The molecule has 1 aromatic rings. The minimum absolute atomic E-state index is 0.0787. The number of amides is 2. The average molecular weight is 305 g/mol. The van der Waals surface area contributed by atoms with Gasteiger partial charge in [0.15, 0.2) is 0 Å². The summed E-state index contributed by atoms with van der Waals surface area (Å²) < 4.78 is 0. The van der Waals surface area contributed by atoms with Gasteiger partial charge in [0.05, 0.1) is 23.5 Å². The lowest BCUT2D eigenvalue weighted by molar-refractivity contribution is 0.172. The third-order valence-electron chi connectivity index (χ3n) is 4.39. The van der Waals surface area contributed by atoms with Crippen molar-refractivity contribution in [1.82, 2.24) is 5.32 Å². The van der Waals surface area contributed by atoms with Crippen LogP contribution in [0, 0.1) is 0 Å². The number of rotatable bonds is 5. The smallest absolute Gasteiger partial charge is 0.319 e. The molecule has 1 atom stereocenters. The number of benzene rings is 1. The molecule has 1 fully saturated rings. The van der Waals surface area contributed by atoms with Gasteiger partial charge in [-0.15, -0.1) is 0 Å². The van der Waals surface area contributed by atoms with Crippen molar-refractivity contribution in [3.63, 3.8) is 0 Å². The second-order valence-electron chi connectivity index (χ2n) is 6.22. The summed E-state index contributed by atoms with van der Waals surface area (Å²) in [5.74, 6) is 0. The van der Waals surface area contributed by atoms with E-state index < -0.39 is 5.54 Å². The lowest BCUT2D eigenvalue weighted by Gasteiger charge is -2.31. The van der Waals surface area contributed by atoms with E-state index in [0.717, 1.165) is 24.5 Å². The average Bonchev–Trinajstić information content (AvgIpc) is 2.56. The number of nitrogens with one attached hydrogen (secondary N) is 2. The van der Waals surface area contributed by atoms with E-state index >= 15 is 0 Å².